The molecular weight excluding hydrogens is 282 g/mol. The Hall–Kier alpha value is -3.23. The summed E-state index contributed by atoms with van der Waals surface area (Å²) < 4.78 is 10.1. The normalized spacial score (nSPS) is 9.95. The molecule has 0 atom stereocenters. The van der Waals surface area contributed by atoms with E-state index in [1.807, 2.05) is 0 Å². The molecule has 0 unspecified atom stereocenters. The molecule has 108 valence electrons. The quantitative estimate of drug-likeness (QED) is 0.653. The van der Waals surface area contributed by atoms with Gasteiger partial charge in [0.2, 0.25) is 0 Å². The highest BCUT2D eigenvalue weighted by atomic mass is 16.6. The van der Waals surface area contributed by atoms with Crippen molar-refractivity contribution in [3.8, 4) is 17.5 Å². The van der Waals surface area contributed by atoms with Gasteiger partial charge in [0.05, 0.1) is 18.1 Å². The topological polar surface area (TPSA) is 125 Å². The van der Waals surface area contributed by atoms with Gasteiger partial charge in [-0.25, -0.2) is 9.78 Å². The first-order valence-corrected chi connectivity index (χ1v) is 5.58. The van der Waals surface area contributed by atoms with E-state index in [1.54, 1.807) is 0 Å². The summed E-state index contributed by atoms with van der Waals surface area (Å²) >= 11 is 0. The van der Waals surface area contributed by atoms with Crippen LogP contribution in [0.25, 0.3) is 0 Å². The fourth-order valence-electron chi connectivity index (χ4n) is 1.49. The second-order valence-electron chi connectivity index (χ2n) is 3.72. The molecule has 2 aromatic rings. The van der Waals surface area contributed by atoms with Crippen molar-refractivity contribution in [3.05, 3.63) is 46.3 Å². The van der Waals surface area contributed by atoms with Crippen molar-refractivity contribution in [2.75, 3.05) is 7.11 Å². The van der Waals surface area contributed by atoms with Gasteiger partial charge < -0.3 is 14.6 Å². The van der Waals surface area contributed by atoms with Crippen LogP contribution in [-0.4, -0.2) is 33.1 Å². The minimum Gasteiger partial charge on any atom is -0.490 e. The number of hydrogen-bond acceptors (Lipinski definition) is 7. The number of methoxy groups -OCH3 is 1. The Balaban J connectivity index is 2.31. The zero-order chi connectivity index (χ0) is 15.4. The molecule has 0 aliphatic heterocycles. The van der Waals surface area contributed by atoms with Crippen LogP contribution in [0.5, 0.6) is 17.5 Å². The number of nitro benzene ring substituents is 1. The number of nitrogens with zero attached hydrogens (tertiary/aromatic N) is 3. The number of carboxylic acid groups (broad SMARTS) is 1. The zero-order valence-electron chi connectivity index (χ0n) is 10.7. The van der Waals surface area contributed by atoms with Gasteiger partial charge in [-0.2, -0.15) is 4.98 Å². The van der Waals surface area contributed by atoms with Crippen LogP contribution in [0.15, 0.2) is 30.5 Å². The average Bonchev–Trinajstić information content (AvgIpc) is 2.47. The number of nitro groups is 1. The van der Waals surface area contributed by atoms with Crippen molar-refractivity contribution < 1.29 is 24.3 Å². The Kier molecular flexibility index (Phi) is 3.93. The van der Waals surface area contributed by atoms with Crippen LogP contribution < -0.4 is 9.47 Å². The molecule has 21 heavy (non-hydrogen) atoms. The summed E-state index contributed by atoms with van der Waals surface area (Å²) in [5.74, 6) is -1.07. The Bertz CT molecular complexity index is 703. The van der Waals surface area contributed by atoms with Gasteiger partial charge in [0.15, 0.2) is 11.4 Å². The fourth-order valence-corrected chi connectivity index (χ4v) is 1.49. The number of carbonyl (C=O) groups is 1. The molecule has 1 aromatic carbocycles. The molecule has 0 amide bonds. The maximum absolute atomic E-state index is 10.9. The third-order valence-corrected chi connectivity index (χ3v) is 2.41. The number of benzene rings is 1. The smallest absolute Gasteiger partial charge is 0.354 e. The first kappa shape index (κ1) is 14.2. The second-order valence-corrected chi connectivity index (χ2v) is 3.72. The maximum atomic E-state index is 10.9. The molecule has 0 fully saturated rings. The molecule has 0 saturated carbocycles. The molecule has 0 spiro atoms. The van der Waals surface area contributed by atoms with E-state index in [4.69, 9.17) is 14.6 Å². The maximum Gasteiger partial charge on any atom is 0.354 e. The number of hydrogen-bond donors (Lipinski definition) is 1. The first-order chi connectivity index (χ1) is 10.0. The molecular formula is C12H9N3O6. The summed E-state index contributed by atoms with van der Waals surface area (Å²) in [6, 6.07) is 4.88. The lowest BCUT2D eigenvalue weighted by atomic mass is 10.3. The molecule has 0 bridgehead atoms. The third-order valence-electron chi connectivity index (χ3n) is 2.41. The van der Waals surface area contributed by atoms with Crippen molar-refractivity contribution in [1.29, 1.82) is 0 Å². The average molecular weight is 291 g/mol. The SMILES string of the molecule is COc1ccc(Oc2nccc(C(=O)O)n2)cc1[N+](=O)[O-]. The predicted molar refractivity (Wildman–Crippen MR) is 68.7 cm³/mol. The molecule has 0 radical (unpaired) electrons. The molecule has 1 N–H and O–H groups in total. The van der Waals surface area contributed by atoms with Gasteiger partial charge in [-0.1, -0.05) is 0 Å². The van der Waals surface area contributed by atoms with E-state index in [0.717, 1.165) is 6.07 Å². The molecule has 1 heterocycles. The highest BCUT2D eigenvalue weighted by Gasteiger charge is 2.17. The molecule has 2 rings (SSSR count). The van der Waals surface area contributed by atoms with Crippen LogP contribution in [0.2, 0.25) is 0 Å². The van der Waals surface area contributed by atoms with Gasteiger partial charge in [0.25, 0.3) is 0 Å². The zero-order valence-corrected chi connectivity index (χ0v) is 10.7. The summed E-state index contributed by atoms with van der Waals surface area (Å²) in [4.78, 5) is 28.4. The van der Waals surface area contributed by atoms with E-state index in [2.05, 4.69) is 9.97 Å². The molecule has 0 aliphatic rings. The lowest BCUT2D eigenvalue weighted by Gasteiger charge is -2.06. The molecule has 0 aliphatic carbocycles. The van der Waals surface area contributed by atoms with E-state index < -0.39 is 10.9 Å². The van der Waals surface area contributed by atoms with Gasteiger partial charge in [-0.3, -0.25) is 10.1 Å². The first-order valence-electron chi connectivity index (χ1n) is 5.58. The van der Waals surface area contributed by atoms with Crippen LogP contribution in [0.4, 0.5) is 5.69 Å². The van der Waals surface area contributed by atoms with Crippen LogP contribution in [-0.2, 0) is 0 Å². The van der Waals surface area contributed by atoms with Crippen molar-refractivity contribution in [1.82, 2.24) is 9.97 Å². The van der Waals surface area contributed by atoms with Crippen molar-refractivity contribution in [2.45, 2.75) is 0 Å². The Morgan fingerprint density at radius 2 is 2.14 bits per heavy atom. The van der Waals surface area contributed by atoms with Crippen LogP contribution >= 0.6 is 0 Å². The second kappa shape index (κ2) is 5.82. The Morgan fingerprint density at radius 3 is 2.76 bits per heavy atom. The van der Waals surface area contributed by atoms with Crippen molar-refractivity contribution in [3.63, 3.8) is 0 Å². The lowest BCUT2D eigenvalue weighted by Crippen LogP contribution is -2.02. The van der Waals surface area contributed by atoms with E-state index in [1.165, 1.54) is 31.5 Å². The van der Waals surface area contributed by atoms with Gasteiger partial charge in [-0.15, -0.1) is 0 Å². The minimum atomic E-state index is -1.23. The molecule has 9 nitrogen and oxygen atoms in total. The molecule has 0 saturated heterocycles. The van der Waals surface area contributed by atoms with Crippen LogP contribution in [0, 0.1) is 10.1 Å². The van der Waals surface area contributed by atoms with Crippen molar-refractivity contribution in [2.24, 2.45) is 0 Å². The number of aromatic nitrogens is 2. The van der Waals surface area contributed by atoms with Crippen LogP contribution in [0.1, 0.15) is 10.5 Å². The van der Waals surface area contributed by atoms with Gasteiger partial charge in [-0.05, 0) is 18.2 Å². The standard InChI is InChI=1S/C12H9N3O6/c1-20-10-3-2-7(6-9(10)15(18)19)21-12-13-5-4-8(14-12)11(16)17/h2-6H,1H3,(H,16,17). The summed E-state index contributed by atoms with van der Waals surface area (Å²) in [5.41, 5.74) is -0.535. The predicted octanol–water partition coefficient (Wildman–Crippen LogP) is 1.88. The van der Waals surface area contributed by atoms with Crippen molar-refractivity contribution >= 4 is 11.7 Å². The Labute approximate surface area is 117 Å². The molecule has 9 heteroatoms. The van der Waals surface area contributed by atoms with Gasteiger partial charge in [0, 0.05) is 6.20 Å². The van der Waals surface area contributed by atoms with E-state index >= 15 is 0 Å². The highest BCUT2D eigenvalue weighted by Crippen LogP contribution is 2.32. The summed E-state index contributed by atoms with van der Waals surface area (Å²) in [7, 11) is 1.31. The number of carboxylic acids is 1. The largest absolute Gasteiger partial charge is 0.490 e. The van der Waals surface area contributed by atoms with Crippen LogP contribution in [0.3, 0.4) is 0 Å². The van der Waals surface area contributed by atoms with Gasteiger partial charge in [0.1, 0.15) is 5.75 Å². The van der Waals surface area contributed by atoms with E-state index in [9.17, 15) is 14.9 Å². The summed E-state index contributed by atoms with van der Waals surface area (Å²) in [6.45, 7) is 0. The summed E-state index contributed by atoms with van der Waals surface area (Å²) in [5, 5.41) is 19.7. The minimum absolute atomic E-state index is 0.0764. The lowest BCUT2D eigenvalue weighted by molar-refractivity contribution is -0.385. The number of aromatic carboxylic acids is 1. The number of ether oxygens (including phenoxy) is 2. The summed E-state index contributed by atoms with van der Waals surface area (Å²) in [6.07, 6.45) is 1.21. The monoisotopic (exact) mass is 291 g/mol. The number of rotatable bonds is 5. The fraction of sp³-hybridized carbons (Fsp3) is 0.0833. The molecule has 1 aromatic heterocycles. The third kappa shape index (κ3) is 3.21. The Morgan fingerprint density at radius 1 is 1.38 bits per heavy atom. The van der Waals surface area contributed by atoms with Gasteiger partial charge >= 0.3 is 17.7 Å². The highest BCUT2D eigenvalue weighted by molar-refractivity contribution is 5.85. The van der Waals surface area contributed by atoms with E-state index in [0.29, 0.717) is 0 Å². The van der Waals surface area contributed by atoms with E-state index in [-0.39, 0.29) is 28.9 Å².